The Kier molecular flexibility index (Phi) is 4.72. The molecule has 1 aromatic rings. The van der Waals surface area contributed by atoms with Crippen molar-refractivity contribution in [2.45, 2.75) is 13.0 Å². The van der Waals surface area contributed by atoms with Gasteiger partial charge in [-0.3, -0.25) is 9.59 Å². The van der Waals surface area contributed by atoms with E-state index in [1.54, 1.807) is 16.2 Å². The Morgan fingerprint density at radius 1 is 1.39 bits per heavy atom. The van der Waals surface area contributed by atoms with Gasteiger partial charge in [-0.25, -0.2) is 0 Å². The minimum atomic E-state index is -0.509. The van der Waals surface area contributed by atoms with E-state index in [2.05, 4.69) is 10.6 Å². The zero-order chi connectivity index (χ0) is 12.8. The van der Waals surface area contributed by atoms with Crippen LogP contribution in [-0.4, -0.2) is 42.9 Å². The molecule has 0 spiro atoms. The van der Waals surface area contributed by atoms with Crippen LogP contribution in [0.15, 0.2) is 17.5 Å². The molecule has 0 aromatic carbocycles. The fourth-order valence-corrected chi connectivity index (χ4v) is 2.49. The van der Waals surface area contributed by atoms with Gasteiger partial charge in [-0.2, -0.15) is 0 Å². The van der Waals surface area contributed by atoms with Crippen LogP contribution in [0.25, 0.3) is 0 Å². The SMILES string of the molecule is O=C(NCc1cccs1)C(=O)N1CCCNCC1. The molecule has 5 nitrogen and oxygen atoms in total. The average Bonchev–Trinajstić information content (AvgIpc) is 2.75. The maximum Gasteiger partial charge on any atom is 0.311 e. The van der Waals surface area contributed by atoms with Gasteiger partial charge in [0.15, 0.2) is 0 Å². The maximum atomic E-state index is 11.9. The third kappa shape index (κ3) is 3.54. The highest BCUT2D eigenvalue weighted by Crippen LogP contribution is 2.07. The predicted octanol–water partition coefficient (Wildman–Crippen LogP) is 0.186. The van der Waals surface area contributed by atoms with Crippen molar-refractivity contribution in [1.82, 2.24) is 15.5 Å². The largest absolute Gasteiger partial charge is 0.343 e. The second-order valence-corrected chi connectivity index (χ2v) is 5.19. The zero-order valence-corrected chi connectivity index (χ0v) is 11.0. The molecule has 1 saturated heterocycles. The Balaban J connectivity index is 1.82. The van der Waals surface area contributed by atoms with Crippen molar-refractivity contribution in [3.8, 4) is 0 Å². The monoisotopic (exact) mass is 267 g/mol. The van der Waals surface area contributed by atoms with Crippen molar-refractivity contribution in [3.05, 3.63) is 22.4 Å². The Morgan fingerprint density at radius 3 is 3.06 bits per heavy atom. The molecule has 0 radical (unpaired) electrons. The molecule has 1 fully saturated rings. The van der Waals surface area contributed by atoms with Gasteiger partial charge in [-0.15, -0.1) is 11.3 Å². The van der Waals surface area contributed by atoms with Crippen molar-refractivity contribution >= 4 is 23.2 Å². The molecular weight excluding hydrogens is 250 g/mol. The molecule has 0 bridgehead atoms. The topological polar surface area (TPSA) is 61.4 Å². The lowest BCUT2D eigenvalue weighted by Gasteiger charge is -2.18. The number of hydrogen-bond donors (Lipinski definition) is 2. The van der Waals surface area contributed by atoms with Gasteiger partial charge in [0.1, 0.15) is 0 Å². The van der Waals surface area contributed by atoms with Crippen LogP contribution in [0.3, 0.4) is 0 Å². The summed E-state index contributed by atoms with van der Waals surface area (Å²) >= 11 is 1.57. The van der Waals surface area contributed by atoms with Gasteiger partial charge in [-0.1, -0.05) is 6.07 Å². The molecule has 2 amide bonds. The number of rotatable bonds is 2. The quantitative estimate of drug-likeness (QED) is 0.752. The lowest BCUT2D eigenvalue weighted by atomic mass is 10.3. The lowest BCUT2D eigenvalue weighted by Crippen LogP contribution is -2.44. The van der Waals surface area contributed by atoms with E-state index in [0.717, 1.165) is 24.4 Å². The zero-order valence-electron chi connectivity index (χ0n) is 10.1. The van der Waals surface area contributed by atoms with Crippen molar-refractivity contribution in [1.29, 1.82) is 0 Å². The summed E-state index contributed by atoms with van der Waals surface area (Å²) in [5.41, 5.74) is 0. The van der Waals surface area contributed by atoms with Gasteiger partial charge in [0.05, 0.1) is 6.54 Å². The highest BCUT2D eigenvalue weighted by atomic mass is 32.1. The van der Waals surface area contributed by atoms with Crippen LogP contribution in [0.2, 0.25) is 0 Å². The summed E-state index contributed by atoms with van der Waals surface area (Å²) in [6.45, 7) is 3.34. The summed E-state index contributed by atoms with van der Waals surface area (Å²) in [6, 6.07) is 3.86. The number of nitrogens with one attached hydrogen (secondary N) is 2. The van der Waals surface area contributed by atoms with E-state index < -0.39 is 11.8 Å². The summed E-state index contributed by atoms with van der Waals surface area (Å²) in [5, 5.41) is 7.81. The lowest BCUT2D eigenvalue weighted by molar-refractivity contribution is -0.145. The fraction of sp³-hybridized carbons (Fsp3) is 0.500. The normalized spacial score (nSPS) is 16.1. The van der Waals surface area contributed by atoms with Gasteiger partial charge in [0, 0.05) is 24.5 Å². The van der Waals surface area contributed by atoms with Gasteiger partial charge >= 0.3 is 11.8 Å². The van der Waals surface area contributed by atoms with Crippen molar-refractivity contribution in [2.24, 2.45) is 0 Å². The van der Waals surface area contributed by atoms with Crippen LogP contribution in [0, 0.1) is 0 Å². The van der Waals surface area contributed by atoms with Crippen LogP contribution >= 0.6 is 11.3 Å². The van der Waals surface area contributed by atoms with E-state index >= 15 is 0 Å². The van der Waals surface area contributed by atoms with Gasteiger partial charge < -0.3 is 15.5 Å². The summed E-state index contributed by atoms with van der Waals surface area (Å²) in [7, 11) is 0. The van der Waals surface area contributed by atoms with Gasteiger partial charge in [0.2, 0.25) is 0 Å². The highest BCUT2D eigenvalue weighted by molar-refractivity contribution is 7.09. The van der Waals surface area contributed by atoms with E-state index in [1.165, 1.54) is 0 Å². The first kappa shape index (κ1) is 13.0. The Bertz CT molecular complexity index is 397. The fourth-order valence-electron chi connectivity index (χ4n) is 1.85. The maximum absolute atomic E-state index is 11.9. The average molecular weight is 267 g/mol. The van der Waals surface area contributed by atoms with Gasteiger partial charge in [-0.05, 0) is 24.4 Å². The van der Waals surface area contributed by atoms with Crippen LogP contribution in [0.5, 0.6) is 0 Å². The minimum Gasteiger partial charge on any atom is -0.343 e. The molecule has 2 rings (SSSR count). The van der Waals surface area contributed by atoms with Crippen molar-refractivity contribution in [2.75, 3.05) is 26.2 Å². The van der Waals surface area contributed by atoms with Crippen molar-refractivity contribution in [3.63, 3.8) is 0 Å². The van der Waals surface area contributed by atoms with E-state index in [-0.39, 0.29) is 0 Å². The van der Waals surface area contributed by atoms with Crippen LogP contribution in [0.4, 0.5) is 0 Å². The van der Waals surface area contributed by atoms with E-state index in [0.29, 0.717) is 19.6 Å². The molecule has 1 aliphatic rings. The van der Waals surface area contributed by atoms with Crippen LogP contribution in [0.1, 0.15) is 11.3 Å². The highest BCUT2D eigenvalue weighted by Gasteiger charge is 2.22. The minimum absolute atomic E-state index is 0.421. The summed E-state index contributed by atoms with van der Waals surface area (Å²) < 4.78 is 0. The molecule has 0 aliphatic carbocycles. The molecule has 2 heterocycles. The van der Waals surface area contributed by atoms with Crippen molar-refractivity contribution < 1.29 is 9.59 Å². The second kappa shape index (κ2) is 6.51. The van der Waals surface area contributed by atoms with E-state index in [1.807, 2.05) is 17.5 Å². The molecule has 0 unspecified atom stereocenters. The smallest absolute Gasteiger partial charge is 0.311 e. The molecule has 1 aromatic heterocycles. The molecule has 1 aliphatic heterocycles. The Hall–Kier alpha value is -1.40. The molecular formula is C12H17N3O2S. The van der Waals surface area contributed by atoms with E-state index in [4.69, 9.17) is 0 Å². The third-order valence-corrected chi connectivity index (χ3v) is 3.70. The number of amides is 2. The molecule has 0 atom stereocenters. The van der Waals surface area contributed by atoms with Crippen LogP contribution in [-0.2, 0) is 16.1 Å². The molecule has 0 saturated carbocycles. The number of carbonyl (C=O) groups is 2. The summed E-state index contributed by atoms with van der Waals surface area (Å²) in [6.07, 6.45) is 0.893. The molecule has 6 heteroatoms. The van der Waals surface area contributed by atoms with Crippen LogP contribution < -0.4 is 10.6 Å². The predicted molar refractivity (Wildman–Crippen MR) is 70.2 cm³/mol. The standard InChI is InChI=1S/C12H17N3O2S/c16-11(14-9-10-3-1-8-18-10)12(17)15-6-2-4-13-5-7-15/h1,3,8,13H,2,4-7,9H2,(H,14,16). The molecule has 2 N–H and O–H groups in total. The summed E-state index contributed by atoms with van der Waals surface area (Å²) in [4.78, 5) is 26.3. The summed E-state index contributed by atoms with van der Waals surface area (Å²) in [5.74, 6) is -0.930. The third-order valence-electron chi connectivity index (χ3n) is 2.82. The van der Waals surface area contributed by atoms with Gasteiger partial charge in [0.25, 0.3) is 0 Å². The number of thiophene rings is 1. The molecule has 18 heavy (non-hydrogen) atoms. The number of nitrogens with zero attached hydrogens (tertiary/aromatic N) is 1. The number of carbonyl (C=O) groups excluding carboxylic acids is 2. The first-order chi connectivity index (χ1) is 8.77. The Morgan fingerprint density at radius 2 is 2.28 bits per heavy atom. The number of hydrogen-bond acceptors (Lipinski definition) is 4. The molecule has 98 valence electrons. The van der Waals surface area contributed by atoms with E-state index in [9.17, 15) is 9.59 Å². The second-order valence-electron chi connectivity index (χ2n) is 4.16. The Labute approximate surface area is 110 Å². The first-order valence-electron chi connectivity index (χ1n) is 6.07. The first-order valence-corrected chi connectivity index (χ1v) is 6.95.